The van der Waals surface area contributed by atoms with Gasteiger partial charge in [-0.05, 0) is 25.8 Å². The standard InChI is InChI=1S/C15H20Cl2O3/c1-4-6-19-13-8-11(15(18)10(3)16)12(17)9-14(13)20-7-5-2/h8-10H,4-7H2,1-3H3. The molecule has 0 N–H and O–H groups in total. The number of benzene rings is 1. The zero-order chi connectivity index (χ0) is 15.1. The fraction of sp³-hybridized carbons (Fsp3) is 0.533. The quantitative estimate of drug-likeness (QED) is 0.513. The molecule has 0 amide bonds. The van der Waals surface area contributed by atoms with Crippen LogP contribution in [-0.2, 0) is 0 Å². The van der Waals surface area contributed by atoms with Crippen LogP contribution in [0.4, 0.5) is 0 Å². The summed E-state index contributed by atoms with van der Waals surface area (Å²) in [5, 5.41) is -0.300. The van der Waals surface area contributed by atoms with Gasteiger partial charge < -0.3 is 9.47 Å². The monoisotopic (exact) mass is 318 g/mol. The molecule has 112 valence electrons. The lowest BCUT2D eigenvalue weighted by Crippen LogP contribution is -2.12. The van der Waals surface area contributed by atoms with Crippen LogP contribution in [0.25, 0.3) is 0 Å². The lowest BCUT2D eigenvalue weighted by Gasteiger charge is -2.15. The fourth-order valence-electron chi connectivity index (χ4n) is 1.59. The Morgan fingerprint density at radius 2 is 1.65 bits per heavy atom. The molecule has 0 aliphatic carbocycles. The molecule has 0 spiro atoms. The van der Waals surface area contributed by atoms with Crippen molar-refractivity contribution >= 4 is 29.0 Å². The SMILES string of the molecule is CCCOc1cc(Cl)c(C(=O)C(C)Cl)cc1OCCC. The Hall–Kier alpha value is -0.930. The van der Waals surface area contributed by atoms with E-state index < -0.39 is 5.38 Å². The summed E-state index contributed by atoms with van der Waals surface area (Å²) in [6, 6.07) is 3.24. The van der Waals surface area contributed by atoms with E-state index in [1.807, 2.05) is 13.8 Å². The molecule has 1 aromatic carbocycles. The van der Waals surface area contributed by atoms with E-state index in [9.17, 15) is 4.79 Å². The molecule has 0 aromatic heterocycles. The second-order valence-electron chi connectivity index (χ2n) is 4.46. The third kappa shape index (κ3) is 4.57. The van der Waals surface area contributed by atoms with E-state index in [2.05, 4.69) is 0 Å². The van der Waals surface area contributed by atoms with Gasteiger partial charge in [-0.1, -0.05) is 25.4 Å². The van der Waals surface area contributed by atoms with Crippen LogP contribution in [0.5, 0.6) is 11.5 Å². The predicted octanol–water partition coefficient (Wildman–Crippen LogP) is 4.73. The molecule has 20 heavy (non-hydrogen) atoms. The van der Waals surface area contributed by atoms with Crippen LogP contribution >= 0.6 is 23.2 Å². The van der Waals surface area contributed by atoms with E-state index >= 15 is 0 Å². The molecule has 0 radical (unpaired) electrons. The van der Waals surface area contributed by atoms with Crippen molar-refractivity contribution in [2.45, 2.75) is 39.0 Å². The Bertz CT molecular complexity index is 459. The van der Waals surface area contributed by atoms with Crippen molar-refractivity contribution in [3.63, 3.8) is 0 Å². The summed E-state index contributed by atoms with van der Waals surface area (Å²) < 4.78 is 11.2. The number of alkyl halides is 1. The van der Waals surface area contributed by atoms with Gasteiger partial charge in [-0.25, -0.2) is 0 Å². The Morgan fingerprint density at radius 3 is 2.10 bits per heavy atom. The van der Waals surface area contributed by atoms with E-state index in [1.165, 1.54) is 0 Å². The highest BCUT2D eigenvalue weighted by Gasteiger charge is 2.19. The molecular formula is C15H20Cl2O3. The number of hydrogen-bond acceptors (Lipinski definition) is 3. The van der Waals surface area contributed by atoms with Crippen molar-refractivity contribution in [3.05, 3.63) is 22.7 Å². The Labute approximate surface area is 130 Å². The van der Waals surface area contributed by atoms with Crippen molar-refractivity contribution < 1.29 is 14.3 Å². The molecule has 0 aliphatic rings. The number of ether oxygens (including phenoxy) is 2. The second kappa shape index (κ2) is 8.38. The Kier molecular flexibility index (Phi) is 7.17. The number of rotatable bonds is 8. The average Bonchev–Trinajstić information content (AvgIpc) is 2.42. The minimum atomic E-state index is -0.631. The number of carbonyl (C=O) groups is 1. The predicted molar refractivity (Wildman–Crippen MR) is 82.7 cm³/mol. The average molecular weight is 319 g/mol. The Morgan fingerprint density at radius 1 is 1.15 bits per heavy atom. The van der Waals surface area contributed by atoms with Crippen LogP contribution in [0.3, 0.4) is 0 Å². The van der Waals surface area contributed by atoms with Gasteiger partial charge in [0, 0.05) is 11.6 Å². The molecule has 0 aliphatic heterocycles. The van der Waals surface area contributed by atoms with Crippen molar-refractivity contribution in [1.29, 1.82) is 0 Å². The molecule has 0 saturated carbocycles. The highest BCUT2D eigenvalue weighted by atomic mass is 35.5. The second-order valence-corrected chi connectivity index (χ2v) is 5.52. The number of hydrogen-bond donors (Lipinski definition) is 0. The summed E-state index contributed by atoms with van der Waals surface area (Å²) in [6.45, 7) is 6.76. The lowest BCUT2D eigenvalue weighted by molar-refractivity contribution is 0.0991. The van der Waals surface area contributed by atoms with E-state index in [4.69, 9.17) is 32.7 Å². The van der Waals surface area contributed by atoms with Crippen LogP contribution in [0.1, 0.15) is 44.0 Å². The molecule has 1 unspecified atom stereocenters. The summed E-state index contributed by atoms with van der Waals surface area (Å²) >= 11 is 12.0. The van der Waals surface area contributed by atoms with Gasteiger partial charge >= 0.3 is 0 Å². The summed E-state index contributed by atoms with van der Waals surface area (Å²) in [4.78, 5) is 12.0. The zero-order valence-corrected chi connectivity index (χ0v) is 13.6. The molecule has 0 bridgehead atoms. The molecule has 0 saturated heterocycles. The van der Waals surface area contributed by atoms with Gasteiger partial charge in [-0.2, -0.15) is 0 Å². The molecule has 0 heterocycles. The van der Waals surface area contributed by atoms with Gasteiger partial charge in [0.1, 0.15) is 0 Å². The number of ketones is 1. The smallest absolute Gasteiger partial charge is 0.182 e. The van der Waals surface area contributed by atoms with Gasteiger partial charge in [0.15, 0.2) is 17.3 Å². The Balaban J connectivity index is 3.13. The minimum Gasteiger partial charge on any atom is -0.490 e. The van der Waals surface area contributed by atoms with Gasteiger partial charge in [-0.3, -0.25) is 4.79 Å². The van der Waals surface area contributed by atoms with Crippen LogP contribution < -0.4 is 9.47 Å². The van der Waals surface area contributed by atoms with Gasteiger partial charge in [0.2, 0.25) is 0 Å². The first kappa shape index (κ1) is 17.1. The van der Waals surface area contributed by atoms with Crippen LogP contribution in [-0.4, -0.2) is 24.4 Å². The summed E-state index contributed by atoms with van der Waals surface area (Å²) in [6.07, 6.45) is 1.75. The lowest BCUT2D eigenvalue weighted by atomic mass is 10.1. The molecule has 5 heteroatoms. The third-order valence-electron chi connectivity index (χ3n) is 2.58. The van der Waals surface area contributed by atoms with Crippen molar-refractivity contribution in [1.82, 2.24) is 0 Å². The zero-order valence-electron chi connectivity index (χ0n) is 12.0. The molecule has 3 nitrogen and oxygen atoms in total. The number of Topliss-reactive ketones (excluding diaryl/α,β-unsaturated/α-hetero) is 1. The van der Waals surface area contributed by atoms with Crippen molar-refractivity contribution in [3.8, 4) is 11.5 Å². The number of carbonyl (C=O) groups excluding carboxylic acids is 1. The maximum Gasteiger partial charge on any atom is 0.182 e. The number of halogens is 2. The molecule has 1 aromatic rings. The van der Waals surface area contributed by atoms with E-state index in [1.54, 1.807) is 19.1 Å². The molecular weight excluding hydrogens is 299 g/mol. The third-order valence-corrected chi connectivity index (χ3v) is 3.09. The first-order chi connectivity index (χ1) is 9.51. The van der Waals surface area contributed by atoms with E-state index in [-0.39, 0.29) is 5.78 Å². The van der Waals surface area contributed by atoms with Crippen molar-refractivity contribution in [2.75, 3.05) is 13.2 Å². The normalized spacial score (nSPS) is 12.1. The molecule has 0 fully saturated rings. The van der Waals surface area contributed by atoms with Crippen LogP contribution in [0.15, 0.2) is 12.1 Å². The van der Waals surface area contributed by atoms with Gasteiger partial charge in [0.05, 0.1) is 23.6 Å². The highest BCUT2D eigenvalue weighted by Crippen LogP contribution is 2.34. The topological polar surface area (TPSA) is 35.5 Å². The molecule has 1 atom stereocenters. The van der Waals surface area contributed by atoms with Crippen LogP contribution in [0, 0.1) is 0 Å². The largest absolute Gasteiger partial charge is 0.490 e. The maximum absolute atomic E-state index is 12.0. The maximum atomic E-state index is 12.0. The van der Waals surface area contributed by atoms with E-state index in [0.29, 0.717) is 35.3 Å². The first-order valence-corrected chi connectivity index (χ1v) is 7.60. The summed E-state index contributed by atoms with van der Waals surface area (Å²) in [7, 11) is 0. The van der Waals surface area contributed by atoms with Crippen molar-refractivity contribution in [2.24, 2.45) is 0 Å². The summed E-state index contributed by atoms with van der Waals surface area (Å²) in [5.74, 6) is 0.870. The van der Waals surface area contributed by atoms with Gasteiger partial charge in [-0.15, -0.1) is 11.6 Å². The fourth-order valence-corrected chi connectivity index (χ4v) is 1.95. The summed E-state index contributed by atoms with van der Waals surface area (Å²) in [5.41, 5.74) is 0.365. The minimum absolute atomic E-state index is 0.222. The molecule has 1 rings (SSSR count). The van der Waals surface area contributed by atoms with Gasteiger partial charge in [0.25, 0.3) is 0 Å². The van der Waals surface area contributed by atoms with E-state index in [0.717, 1.165) is 12.8 Å². The van der Waals surface area contributed by atoms with Crippen LogP contribution in [0.2, 0.25) is 5.02 Å². The first-order valence-electron chi connectivity index (χ1n) is 6.78. The highest BCUT2D eigenvalue weighted by molar-refractivity contribution is 6.39.